The molecular weight excluding hydrogens is 460 g/mol. The van der Waals surface area contributed by atoms with Gasteiger partial charge in [0, 0.05) is 17.7 Å². The highest BCUT2D eigenvalue weighted by Crippen LogP contribution is 2.48. The quantitative estimate of drug-likeness (QED) is 0.421. The predicted octanol–water partition coefficient (Wildman–Crippen LogP) is 6.86. The van der Waals surface area contributed by atoms with Crippen LogP contribution in [-0.4, -0.2) is 17.8 Å². The Balaban J connectivity index is 1.68. The molecule has 1 N–H and O–H groups in total. The van der Waals surface area contributed by atoms with Crippen molar-refractivity contribution in [1.82, 2.24) is 0 Å². The van der Waals surface area contributed by atoms with E-state index in [1.54, 1.807) is 0 Å². The molecule has 0 bridgehead atoms. The van der Waals surface area contributed by atoms with Crippen molar-refractivity contribution in [3.05, 3.63) is 101 Å². The number of hydrogen-bond donors (Lipinski definition) is 1. The number of carbonyl (C=O) groups excluding carboxylic acids is 2. The molecular formula is C32H34N2O3. The second-order valence-corrected chi connectivity index (χ2v) is 11.0. The lowest BCUT2D eigenvalue weighted by atomic mass is 9.73. The molecule has 0 spiro atoms. The highest BCUT2D eigenvalue weighted by Gasteiger charge is 2.43. The lowest BCUT2D eigenvalue weighted by Gasteiger charge is -2.37. The van der Waals surface area contributed by atoms with Gasteiger partial charge in [0.2, 0.25) is 5.91 Å². The van der Waals surface area contributed by atoms with Gasteiger partial charge in [0.25, 0.3) is 0 Å². The minimum atomic E-state index is -0.543. The summed E-state index contributed by atoms with van der Waals surface area (Å²) in [5.74, 6) is 0.786. The van der Waals surface area contributed by atoms with Crippen molar-refractivity contribution >= 4 is 23.1 Å². The fourth-order valence-electron chi connectivity index (χ4n) is 5.43. The third-order valence-corrected chi connectivity index (χ3v) is 6.94. The highest BCUT2D eigenvalue weighted by atomic mass is 16.5. The Bertz CT molecular complexity index is 1340. The minimum Gasteiger partial charge on any atom is -0.491 e. The van der Waals surface area contributed by atoms with Crippen LogP contribution in [0.3, 0.4) is 0 Å². The number of Topliss-reactive ketones (excluding diaryl/α,β-unsaturated/α-hetero) is 1. The SMILES string of the molecule is CC(C)Oc1ccc([C@H]2C3=C(CC(C)(C)CC3=O)Nc3ccccc3N2C(=O)Cc2ccccc2)cc1. The summed E-state index contributed by atoms with van der Waals surface area (Å²) in [6, 6.07) is 24.9. The number of benzene rings is 3. The van der Waals surface area contributed by atoms with E-state index in [1.165, 1.54) is 0 Å². The van der Waals surface area contributed by atoms with Crippen LogP contribution >= 0.6 is 0 Å². The van der Waals surface area contributed by atoms with Crippen molar-refractivity contribution in [2.45, 2.75) is 59.1 Å². The summed E-state index contributed by atoms with van der Waals surface area (Å²) in [5, 5.41) is 3.57. The van der Waals surface area contributed by atoms with E-state index in [-0.39, 0.29) is 29.6 Å². The number of amides is 1. The zero-order valence-corrected chi connectivity index (χ0v) is 22.0. The molecule has 5 rings (SSSR count). The molecule has 3 aromatic rings. The zero-order valence-electron chi connectivity index (χ0n) is 22.0. The molecule has 5 heteroatoms. The van der Waals surface area contributed by atoms with E-state index in [2.05, 4.69) is 19.2 Å². The second-order valence-electron chi connectivity index (χ2n) is 11.0. The minimum absolute atomic E-state index is 0.0558. The molecule has 190 valence electrons. The Morgan fingerprint density at radius 3 is 2.35 bits per heavy atom. The summed E-state index contributed by atoms with van der Waals surface area (Å²) in [7, 11) is 0. The lowest BCUT2D eigenvalue weighted by molar-refractivity contribution is -0.119. The normalized spacial score (nSPS) is 18.6. The van der Waals surface area contributed by atoms with Gasteiger partial charge in [0.05, 0.1) is 29.9 Å². The Labute approximate surface area is 219 Å². The molecule has 1 atom stereocenters. The van der Waals surface area contributed by atoms with E-state index in [0.717, 1.165) is 40.4 Å². The summed E-state index contributed by atoms with van der Waals surface area (Å²) in [5.41, 5.74) is 4.84. The smallest absolute Gasteiger partial charge is 0.232 e. The number of nitrogens with zero attached hydrogens (tertiary/aromatic N) is 1. The van der Waals surface area contributed by atoms with Crippen LogP contribution in [0.15, 0.2) is 90.1 Å². The zero-order chi connectivity index (χ0) is 26.2. The number of carbonyl (C=O) groups is 2. The summed E-state index contributed by atoms with van der Waals surface area (Å²) >= 11 is 0. The third kappa shape index (κ3) is 5.17. The summed E-state index contributed by atoms with van der Waals surface area (Å²) in [6.07, 6.45) is 1.46. The first kappa shape index (κ1) is 24.8. The highest BCUT2D eigenvalue weighted by molar-refractivity contribution is 6.06. The summed E-state index contributed by atoms with van der Waals surface area (Å²) in [4.78, 5) is 29.8. The van der Waals surface area contributed by atoms with Crippen molar-refractivity contribution < 1.29 is 14.3 Å². The maximum atomic E-state index is 14.1. The molecule has 5 nitrogen and oxygen atoms in total. The molecule has 0 fully saturated rings. The number of fused-ring (bicyclic) bond motifs is 1. The largest absolute Gasteiger partial charge is 0.491 e. The number of allylic oxidation sites excluding steroid dienone is 1. The van der Waals surface area contributed by atoms with Crippen molar-refractivity contribution in [3.63, 3.8) is 0 Å². The average Bonchev–Trinajstić information content (AvgIpc) is 2.98. The first-order chi connectivity index (χ1) is 17.7. The van der Waals surface area contributed by atoms with E-state index in [0.29, 0.717) is 12.0 Å². The van der Waals surface area contributed by atoms with E-state index in [4.69, 9.17) is 4.74 Å². The van der Waals surface area contributed by atoms with Gasteiger partial charge in [-0.05, 0) is 61.1 Å². The standard InChI is InChI=1S/C32H34N2O3/c1-21(2)37-24-16-14-23(15-17-24)31-30-26(19-32(3,4)20-28(30)35)33-25-12-8-9-13-27(25)34(31)29(36)18-22-10-6-5-7-11-22/h5-17,21,31,33H,18-20H2,1-4H3/t31-/m0/s1. The van der Waals surface area contributed by atoms with E-state index in [1.807, 2.05) is 97.6 Å². The average molecular weight is 495 g/mol. The van der Waals surface area contributed by atoms with Gasteiger partial charge in [-0.3, -0.25) is 14.5 Å². The van der Waals surface area contributed by atoms with Crippen LogP contribution in [-0.2, 0) is 16.0 Å². The number of para-hydroxylation sites is 2. The van der Waals surface area contributed by atoms with Crippen LogP contribution in [0.1, 0.15) is 57.7 Å². The summed E-state index contributed by atoms with van der Waals surface area (Å²) in [6.45, 7) is 8.23. The molecule has 1 aliphatic carbocycles. The van der Waals surface area contributed by atoms with Gasteiger partial charge in [-0.25, -0.2) is 0 Å². The molecule has 1 amide bonds. The molecule has 0 radical (unpaired) electrons. The number of hydrogen-bond acceptors (Lipinski definition) is 4. The van der Waals surface area contributed by atoms with E-state index >= 15 is 0 Å². The maximum absolute atomic E-state index is 14.1. The van der Waals surface area contributed by atoms with Gasteiger partial charge in [0.15, 0.2) is 5.78 Å². The fraction of sp³-hybridized carbons (Fsp3) is 0.312. The van der Waals surface area contributed by atoms with Crippen LogP contribution in [0.25, 0.3) is 0 Å². The summed E-state index contributed by atoms with van der Waals surface area (Å²) < 4.78 is 5.87. The predicted molar refractivity (Wildman–Crippen MR) is 148 cm³/mol. The Morgan fingerprint density at radius 1 is 0.973 bits per heavy atom. The van der Waals surface area contributed by atoms with Crippen molar-refractivity contribution in [1.29, 1.82) is 0 Å². The monoisotopic (exact) mass is 494 g/mol. The van der Waals surface area contributed by atoms with E-state index < -0.39 is 6.04 Å². The van der Waals surface area contributed by atoms with E-state index in [9.17, 15) is 9.59 Å². The van der Waals surface area contributed by atoms with Crippen LogP contribution in [0.4, 0.5) is 11.4 Å². The van der Waals surface area contributed by atoms with Gasteiger partial charge in [0.1, 0.15) is 5.75 Å². The van der Waals surface area contributed by atoms with Gasteiger partial charge in [-0.2, -0.15) is 0 Å². The molecule has 0 aromatic heterocycles. The number of nitrogens with one attached hydrogen (secondary N) is 1. The van der Waals surface area contributed by atoms with Crippen molar-refractivity contribution in [2.75, 3.05) is 10.2 Å². The van der Waals surface area contributed by atoms with Crippen molar-refractivity contribution in [3.8, 4) is 5.75 Å². The Kier molecular flexibility index (Phi) is 6.63. The van der Waals surface area contributed by atoms with Crippen molar-refractivity contribution in [2.24, 2.45) is 5.41 Å². The molecule has 0 saturated heterocycles. The number of ether oxygens (including phenoxy) is 1. The van der Waals surface area contributed by atoms with Gasteiger partial charge >= 0.3 is 0 Å². The Morgan fingerprint density at radius 2 is 1.65 bits per heavy atom. The molecule has 1 aliphatic heterocycles. The lowest BCUT2D eigenvalue weighted by Crippen LogP contribution is -2.40. The molecule has 0 unspecified atom stereocenters. The number of anilines is 2. The molecule has 0 saturated carbocycles. The van der Waals surface area contributed by atoms with Crippen LogP contribution in [0.5, 0.6) is 5.75 Å². The van der Waals surface area contributed by atoms with Crippen LogP contribution in [0.2, 0.25) is 0 Å². The first-order valence-corrected chi connectivity index (χ1v) is 13.0. The number of rotatable bonds is 5. The third-order valence-electron chi connectivity index (χ3n) is 6.94. The number of ketones is 1. The fourth-order valence-corrected chi connectivity index (χ4v) is 5.43. The van der Waals surface area contributed by atoms with Crippen LogP contribution < -0.4 is 15.0 Å². The second kappa shape index (κ2) is 9.89. The molecule has 3 aromatic carbocycles. The molecule has 2 aliphatic rings. The molecule has 1 heterocycles. The van der Waals surface area contributed by atoms with Gasteiger partial charge < -0.3 is 10.1 Å². The van der Waals surface area contributed by atoms with Crippen LogP contribution in [0, 0.1) is 5.41 Å². The Hall–Kier alpha value is -3.86. The maximum Gasteiger partial charge on any atom is 0.232 e. The van der Waals surface area contributed by atoms with Gasteiger partial charge in [-0.15, -0.1) is 0 Å². The van der Waals surface area contributed by atoms with Gasteiger partial charge in [-0.1, -0.05) is 68.4 Å². The first-order valence-electron chi connectivity index (χ1n) is 13.0. The topological polar surface area (TPSA) is 58.6 Å². The molecule has 37 heavy (non-hydrogen) atoms.